The summed E-state index contributed by atoms with van der Waals surface area (Å²) in [7, 11) is -3.24. The average Bonchev–Trinajstić information content (AvgIpc) is 2.39. The summed E-state index contributed by atoms with van der Waals surface area (Å²) in [4.78, 5) is 0.232. The van der Waals surface area contributed by atoms with Crippen molar-refractivity contribution in [1.29, 1.82) is 0 Å². The maximum Gasteiger partial charge on any atom is 0.175 e. The van der Waals surface area contributed by atoms with Gasteiger partial charge in [0.25, 0.3) is 0 Å². The lowest BCUT2D eigenvalue weighted by molar-refractivity contribution is 0.474. The number of hydrogen-bond donors (Lipinski definition) is 1. The molecule has 0 radical (unpaired) electrons. The van der Waals surface area contributed by atoms with E-state index in [4.69, 9.17) is 10.5 Å². The van der Waals surface area contributed by atoms with Gasteiger partial charge in [-0.1, -0.05) is 24.3 Å². The number of sulfone groups is 1. The maximum absolute atomic E-state index is 11.5. The van der Waals surface area contributed by atoms with Crippen LogP contribution in [0.5, 0.6) is 11.5 Å². The van der Waals surface area contributed by atoms with E-state index in [-0.39, 0.29) is 4.90 Å². The zero-order chi connectivity index (χ0) is 13.9. The first-order valence-corrected chi connectivity index (χ1v) is 7.66. The van der Waals surface area contributed by atoms with Crippen LogP contribution >= 0.6 is 0 Å². The average molecular weight is 277 g/mol. The van der Waals surface area contributed by atoms with Crippen molar-refractivity contribution in [3.8, 4) is 11.5 Å². The number of para-hydroxylation sites is 1. The van der Waals surface area contributed by atoms with Crippen LogP contribution in [-0.2, 0) is 16.4 Å². The molecule has 0 spiro atoms. The molecule has 0 bridgehead atoms. The molecular formula is C14H15NO3S. The van der Waals surface area contributed by atoms with Gasteiger partial charge in [0.2, 0.25) is 0 Å². The van der Waals surface area contributed by atoms with Gasteiger partial charge in [0.15, 0.2) is 9.84 Å². The first kappa shape index (κ1) is 13.6. The fourth-order valence-corrected chi connectivity index (χ4v) is 2.32. The predicted molar refractivity (Wildman–Crippen MR) is 74.0 cm³/mol. The molecule has 0 atom stereocenters. The van der Waals surface area contributed by atoms with Crippen LogP contribution in [0.25, 0.3) is 0 Å². The zero-order valence-corrected chi connectivity index (χ0v) is 11.4. The third kappa shape index (κ3) is 3.33. The highest BCUT2D eigenvalue weighted by atomic mass is 32.2. The fraction of sp³-hybridized carbons (Fsp3) is 0.143. The number of benzene rings is 2. The highest BCUT2D eigenvalue weighted by Gasteiger charge is 2.09. The molecule has 2 rings (SSSR count). The summed E-state index contributed by atoms with van der Waals surface area (Å²) in [6.45, 7) is 0.363. The Kier molecular flexibility index (Phi) is 3.87. The van der Waals surface area contributed by atoms with E-state index < -0.39 is 9.84 Å². The minimum Gasteiger partial charge on any atom is -0.457 e. The Morgan fingerprint density at radius 1 is 1.11 bits per heavy atom. The van der Waals surface area contributed by atoms with Crippen LogP contribution in [-0.4, -0.2) is 14.7 Å². The molecule has 0 heterocycles. The first-order chi connectivity index (χ1) is 9.00. The van der Waals surface area contributed by atoms with Gasteiger partial charge < -0.3 is 10.5 Å². The predicted octanol–water partition coefficient (Wildman–Crippen LogP) is 2.34. The van der Waals surface area contributed by atoms with Crippen molar-refractivity contribution in [3.05, 3.63) is 54.1 Å². The van der Waals surface area contributed by atoms with Crippen molar-refractivity contribution < 1.29 is 13.2 Å². The molecule has 0 unspecified atom stereocenters. The molecule has 0 aromatic heterocycles. The Bertz CT molecular complexity index is 681. The lowest BCUT2D eigenvalue weighted by Crippen LogP contribution is -2.00. The number of rotatable bonds is 4. The second kappa shape index (κ2) is 5.42. The topological polar surface area (TPSA) is 69.4 Å². The van der Waals surface area contributed by atoms with Crippen LogP contribution in [0.4, 0.5) is 0 Å². The van der Waals surface area contributed by atoms with E-state index in [1.807, 2.05) is 18.2 Å². The summed E-state index contributed by atoms with van der Waals surface area (Å²) in [5.41, 5.74) is 6.50. The Labute approximate surface area is 112 Å². The van der Waals surface area contributed by atoms with E-state index in [1.54, 1.807) is 18.2 Å². The number of nitrogens with two attached hydrogens (primary N) is 1. The normalized spacial score (nSPS) is 11.3. The van der Waals surface area contributed by atoms with Crippen molar-refractivity contribution in [3.63, 3.8) is 0 Å². The molecule has 0 aliphatic carbocycles. The van der Waals surface area contributed by atoms with Crippen molar-refractivity contribution in [2.24, 2.45) is 5.73 Å². The van der Waals surface area contributed by atoms with Gasteiger partial charge in [0.1, 0.15) is 11.5 Å². The molecule has 0 aliphatic heterocycles. The number of ether oxygens (including phenoxy) is 1. The van der Waals surface area contributed by atoms with Crippen molar-refractivity contribution in [1.82, 2.24) is 0 Å². The van der Waals surface area contributed by atoms with E-state index in [9.17, 15) is 8.42 Å². The Morgan fingerprint density at radius 3 is 2.53 bits per heavy atom. The molecular weight excluding hydrogens is 262 g/mol. The fourth-order valence-electron chi connectivity index (χ4n) is 1.67. The lowest BCUT2D eigenvalue weighted by Gasteiger charge is -2.10. The van der Waals surface area contributed by atoms with Crippen LogP contribution in [0, 0.1) is 0 Å². The van der Waals surface area contributed by atoms with E-state index in [1.165, 1.54) is 18.4 Å². The molecule has 4 nitrogen and oxygen atoms in total. The molecule has 5 heteroatoms. The van der Waals surface area contributed by atoms with Gasteiger partial charge in [-0.05, 0) is 24.3 Å². The second-order valence-electron chi connectivity index (χ2n) is 4.16. The first-order valence-electron chi connectivity index (χ1n) is 5.76. The highest BCUT2D eigenvalue weighted by Crippen LogP contribution is 2.26. The van der Waals surface area contributed by atoms with Crippen LogP contribution in [0.2, 0.25) is 0 Å². The number of hydrogen-bond acceptors (Lipinski definition) is 4. The third-order valence-electron chi connectivity index (χ3n) is 2.65. The summed E-state index contributed by atoms with van der Waals surface area (Å²) < 4.78 is 28.7. The highest BCUT2D eigenvalue weighted by molar-refractivity contribution is 7.90. The molecule has 0 fully saturated rings. The van der Waals surface area contributed by atoms with Gasteiger partial charge in [-0.2, -0.15) is 0 Å². The molecule has 0 aliphatic rings. The summed E-state index contributed by atoms with van der Waals surface area (Å²) >= 11 is 0. The lowest BCUT2D eigenvalue weighted by atomic mass is 10.2. The summed E-state index contributed by atoms with van der Waals surface area (Å²) in [6, 6.07) is 13.8. The SMILES string of the molecule is CS(=O)(=O)c1cccc(Oc2ccccc2CN)c1. The Hall–Kier alpha value is -1.85. The van der Waals surface area contributed by atoms with Gasteiger partial charge in [0.05, 0.1) is 4.90 Å². The summed E-state index contributed by atoms with van der Waals surface area (Å²) in [5, 5.41) is 0. The molecule has 2 aromatic carbocycles. The monoisotopic (exact) mass is 277 g/mol. The Morgan fingerprint density at radius 2 is 1.84 bits per heavy atom. The van der Waals surface area contributed by atoms with Gasteiger partial charge in [0, 0.05) is 18.4 Å². The summed E-state index contributed by atoms with van der Waals surface area (Å²) in [6.07, 6.45) is 1.17. The van der Waals surface area contributed by atoms with E-state index >= 15 is 0 Å². The smallest absolute Gasteiger partial charge is 0.175 e. The van der Waals surface area contributed by atoms with Crippen molar-refractivity contribution in [2.45, 2.75) is 11.4 Å². The van der Waals surface area contributed by atoms with Crippen LogP contribution < -0.4 is 10.5 Å². The largest absolute Gasteiger partial charge is 0.457 e. The second-order valence-corrected chi connectivity index (χ2v) is 6.18. The minimum absolute atomic E-state index is 0.232. The van der Waals surface area contributed by atoms with Crippen LogP contribution in [0.15, 0.2) is 53.4 Å². The minimum atomic E-state index is -3.24. The standard InChI is InChI=1S/C14H15NO3S/c1-19(16,17)13-7-4-6-12(9-13)18-14-8-3-2-5-11(14)10-15/h2-9H,10,15H2,1H3. The summed E-state index contributed by atoms with van der Waals surface area (Å²) in [5.74, 6) is 1.11. The molecule has 2 aromatic rings. The van der Waals surface area contributed by atoms with E-state index in [0.717, 1.165) is 5.56 Å². The Balaban J connectivity index is 2.34. The van der Waals surface area contributed by atoms with Gasteiger partial charge in [-0.25, -0.2) is 8.42 Å². The van der Waals surface area contributed by atoms with E-state index in [2.05, 4.69) is 0 Å². The van der Waals surface area contributed by atoms with Gasteiger partial charge >= 0.3 is 0 Å². The zero-order valence-electron chi connectivity index (χ0n) is 10.5. The molecule has 19 heavy (non-hydrogen) atoms. The molecule has 100 valence electrons. The van der Waals surface area contributed by atoms with Crippen LogP contribution in [0.1, 0.15) is 5.56 Å². The molecule has 2 N–H and O–H groups in total. The van der Waals surface area contributed by atoms with Crippen molar-refractivity contribution >= 4 is 9.84 Å². The quantitative estimate of drug-likeness (QED) is 0.931. The van der Waals surface area contributed by atoms with Crippen LogP contribution in [0.3, 0.4) is 0 Å². The van der Waals surface area contributed by atoms with Gasteiger partial charge in [-0.15, -0.1) is 0 Å². The molecule has 0 saturated heterocycles. The maximum atomic E-state index is 11.5. The molecule has 0 amide bonds. The third-order valence-corrected chi connectivity index (χ3v) is 3.76. The van der Waals surface area contributed by atoms with Crippen molar-refractivity contribution in [2.75, 3.05) is 6.26 Å². The molecule has 0 saturated carbocycles. The van der Waals surface area contributed by atoms with Gasteiger partial charge in [-0.3, -0.25) is 0 Å². The van der Waals surface area contributed by atoms with E-state index in [0.29, 0.717) is 18.0 Å².